The highest BCUT2D eigenvalue weighted by molar-refractivity contribution is 7.99. The van der Waals surface area contributed by atoms with Crippen LogP contribution in [0.1, 0.15) is 28.6 Å². The van der Waals surface area contributed by atoms with E-state index in [1.54, 1.807) is 0 Å². The van der Waals surface area contributed by atoms with Crippen LogP contribution in [0.25, 0.3) is 0 Å². The third-order valence-corrected chi connectivity index (χ3v) is 5.04. The highest BCUT2D eigenvalue weighted by Gasteiger charge is 2.26. The fourth-order valence-electron chi connectivity index (χ4n) is 1.95. The van der Waals surface area contributed by atoms with Gasteiger partial charge in [0.1, 0.15) is 4.88 Å². The first-order valence-corrected chi connectivity index (χ1v) is 8.33. The molecule has 5 heteroatoms. The Labute approximate surface area is 122 Å². The Morgan fingerprint density at radius 3 is 3.21 bits per heavy atom. The Bertz CT molecular complexity index is 501. The second-order valence-electron chi connectivity index (χ2n) is 4.36. The van der Waals surface area contributed by atoms with Crippen molar-refractivity contribution < 1.29 is 9.90 Å². The zero-order valence-corrected chi connectivity index (χ0v) is 12.5. The van der Waals surface area contributed by atoms with E-state index in [9.17, 15) is 4.79 Å². The number of thiophene rings is 1. The van der Waals surface area contributed by atoms with Gasteiger partial charge < -0.3 is 10.0 Å². The SMILES string of the molecule is CC1CSCCN1C(=O)c1sccc1C#CCCO. The summed E-state index contributed by atoms with van der Waals surface area (Å²) in [5.74, 6) is 7.96. The average molecular weight is 295 g/mol. The third kappa shape index (κ3) is 3.53. The van der Waals surface area contributed by atoms with Gasteiger partial charge in [-0.1, -0.05) is 11.8 Å². The van der Waals surface area contributed by atoms with Gasteiger partial charge >= 0.3 is 0 Å². The first kappa shape index (κ1) is 14.4. The topological polar surface area (TPSA) is 40.5 Å². The second-order valence-corrected chi connectivity index (χ2v) is 6.43. The third-order valence-electron chi connectivity index (χ3n) is 2.95. The number of hydrogen-bond donors (Lipinski definition) is 1. The largest absolute Gasteiger partial charge is 0.395 e. The van der Waals surface area contributed by atoms with E-state index in [1.807, 2.05) is 28.1 Å². The molecule has 19 heavy (non-hydrogen) atoms. The number of carbonyl (C=O) groups is 1. The van der Waals surface area contributed by atoms with Gasteiger partial charge in [-0.15, -0.1) is 11.3 Å². The van der Waals surface area contributed by atoms with Crippen LogP contribution in [0.15, 0.2) is 11.4 Å². The lowest BCUT2D eigenvalue weighted by atomic mass is 10.2. The summed E-state index contributed by atoms with van der Waals surface area (Å²) in [6.07, 6.45) is 0.445. The van der Waals surface area contributed by atoms with Crippen molar-refractivity contribution in [1.29, 1.82) is 0 Å². The van der Waals surface area contributed by atoms with E-state index in [-0.39, 0.29) is 18.6 Å². The first-order valence-electron chi connectivity index (χ1n) is 6.30. The highest BCUT2D eigenvalue weighted by Crippen LogP contribution is 2.23. The predicted octanol–water partition coefficient (Wildman–Crippen LogP) is 2.06. The summed E-state index contributed by atoms with van der Waals surface area (Å²) in [5.41, 5.74) is 0.786. The zero-order chi connectivity index (χ0) is 13.7. The van der Waals surface area contributed by atoms with Gasteiger partial charge in [0.05, 0.1) is 6.61 Å². The molecule has 0 saturated carbocycles. The van der Waals surface area contributed by atoms with Crippen molar-refractivity contribution in [3.63, 3.8) is 0 Å². The molecule has 0 bridgehead atoms. The Morgan fingerprint density at radius 1 is 1.63 bits per heavy atom. The van der Waals surface area contributed by atoms with Crippen molar-refractivity contribution in [2.75, 3.05) is 24.7 Å². The van der Waals surface area contributed by atoms with Crippen molar-refractivity contribution in [1.82, 2.24) is 4.90 Å². The Morgan fingerprint density at radius 2 is 2.47 bits per heavy atom. The standard InChI is InChI=1S/C14H17NO2S2/c1-11-10-18-9-6-15(11)14(17)13-12(5-8-19-13)4-2-3-7-16/h5,8,11,16H,3,6-7,9-10H2,1H3. The smallest absolute Gasteiger partial charge is 0.265 e. The number of rotatable bonds is 2. The quantitative estimate of drug-likeness (QED) is 0.849. The van der Waals surface area contributed by atoms with Crippen LogP contribution in [0.5, 0.6) is 0 Å². The van der Waals surface area contributed by atoms with Crippen molar-refractivity contribution >= 4 is 29.0 Å². The van der Waals surface area contributed by atoms with E-state index >= 15 is 0 Å². The van der Waals surface area contributed by atoms with Crippen molar-refractivity contribution in [2.45, 2.75) is 19.4 Å². The van der Waals surface area contributed by atoms with Gasteiger partial charge in [0.25, 0.3) is 5.91 Å². The van der Waals surface area contributed by atoms with Gasteiger partial charge in [-0.05, 0) is 18.4 Å². The molecule has 1 N–H and O–H groups in total. The molecule has 1 fully saturated rings. The van der Waals surface area contributed by atoms with Gasteiger partial charge in [0.2, 0.25) is 0 Å². The maximum absolute atomic E-state index is 12.5. The normalized spacial score (nSPS) is 18.8. The van der Waals surface area contributed by atoms with Crippen molar-refractivity contribution in [2.24, 2.45) is 0 Å². The maximum Gasteiger partial charge on any atom is 0.265 e. The van der Waals surface area contributed by atoms with Crippen LogP contribution >= 0.6 is 23.1 Å². The van der Waals surface area contributed by atoms with Gasteiger partial charge in [0, 0.05) is 36.1 Å². The van der Waals surface area contributed by atoms with Gasteiger partial charge in [-0.3, -0.25) is 4.79 Å². The number of nitrogens with zero attached hydrogens (tertiary/aromatic N) is 1. The van der Waals surface area contributed by atoms with E-state index < -0.39 is 0 Å². The molecular formula is C14H17NO2S2. The van der Waals surface area contributed by atoms with E-state index in [1.165, 1.54) is 11.3 Å². The van der Waals surface area contributed by atoms with Crippen LogP contribution in [0.4, 0.5) is 0 Å². The Balaban J connectivity index is 2.15. The monoisotopic (exact) mass is 295 g/mol. The van der Waals surface area contributed by atoms with Crippen molar-refractivity contribution in [3.05, 3.63) is 21.9 Å². The Hall–Kier alpha value is -0.960. The molecule has 0 radical (unpaired) electrons. The molecule has 1 aromatic rings. The molecule has 1 atom stereocenters. The molecule has 1 aromatic heterocycles. The number of aliphatic hydroxyl groups excluding tert-OH is 1. The summed E-state index contributed by atoms with van der Waals surface area (Å²) in [7, 11) is 0. The minimum absolute atomic E-state index is 0.0563. The second kappa shape index (κ2) is 6.99. The number of aliphatic hydroxyl groups is 1. The van der Waals surface area contributed by atoms with E-state index in [4.69, 9.17) is 5.11 Å². The summed E-state index contributed by atoms with van der Waals surface area (Å²) >= 11 is 3.34. The molecule has 0 aliphatic carbocycles. The number of thioether (sulfide) groups is 1. The number of amides is 1. The maximum atomic E-state index is 12.5. The van der Waals surface area contributed by atoms with Gasteiger partial charge in [0.15, 0.2) is 0 Å². The van der Waals surface area contributed by atoms with E-state index in [0.29, 0.717) is 6.42 Å². The molecule has 1 aliphatic rings. The molecule has 3 nitrogen and oxygen atoms in total. The molecule has 1 saturated heterocycles. The van der Waals surface area contributed by atoms with Crippen LogP contribution in [-0.2, 0) is 0 Å². The van der Waals surface area contributed by atoms with Crippen molar-refractivity contribution in [3.8, 4) is 11.8 Å². The number of carbonyl (C=O) groups excluding carboxylic acids is 1. The minimum atomic E-state index is 0.0563. The summed E-state index contributed by atoms with van der Waals surface area (Å²) in [4.78, 5) is 15.2. The van der Waals surface area contributed by atoms with E-state index in [2.05, 4.69) is 18.8 Å². The van der Waals surface area contributed by atoms with Gasteiger partial charge in [-0.25, -0.2) is 0 Å². The van der Waals surface area contributed by atoms with Crippen LogP contribution in [-0.4, -0.2) is 46.6 Å². The zero-order valence-electron chi connectivity index (χ0n) is 10.9. The van der Waals surface area contributed by atoms with Crippen LogP contribution < -0.4 is 0 Å². The lowest BCUT2D eigenvalue weighted by molar-refractivity contribution is 0.0721. The van der Waals surface area contributed by atoms with E-state index in [0.717, 1.165) is 28.5 Å². The summed E-state index contributed by atoms with van der Waals surface area (Å²) in [6, 6.07) is 2.16. The van der Waals surface area contributed by atoms with Gasteiger partial charge in [-0.2, -0.15) is 11.8 Å². The fraction of sp³-hybridized carbons (Fsp3) is 0.500. The summed E-state index contributed by atoms with van der Waals surface area (Å²) in [6.45, 7) is 2.96. The molecule has 1 unspecified atom stereocenters. The summed E-state index contributed by atoms with van der Waals surface area (Å²) < 4.78 is 0. The fourth-order valence-corrected chi connectivity index (χ4v) is 3.76. The molecule has 0 aromatic carbocycles. The molecule has 102 valence electrons. The highest BCUT2D eigenvalue weighted by atomic mass is 32.2. The molecular weight excluding hydrogens is 278 g/mol. The van der Waals surface area contributed by atoms with Crippen LogP contribution in [0.3, 0.4) is 0 Å². The average Bonchev–Trinajstić information content (AvgIpc) is 2.87. The lowest BCUT2D eigenvalue weighted by Gasteiger charge is -2.32. The predicted molar refractivity (Wildman–Crippen MR) is 80.7 cm³/mol. The summed E-state index contributed by atoms with van der Waals surface area (Å²) in [5, 5.41) is 10.6. The van der Waals surface area contributed by atoms with Crippen LogP contribution in [0, 0.1) is 11.8 Å². The first-order chi connectivity index (χ1) is 9.24. The lowest BCUT2D eigenvalue weighted by Crippen LogP contribution is -2.44. The molecule has 2 heterocycles. The molecule has 1 amide bonds. The minimum Gasteiger partial charge on any atom is -0.395 e. The molecule has 2 rings (SSSR count). The number of hydrogen-bond acceptors (Lipinski definition) is 4. The Kier molecular flexibility index (Phi) is 5.32. The molecule has 1 aliphatic heterocycles. The molecule has 0 spiro atoms. The van der Waals surface area contributed by atoms with Crippen LogP contribution in [0.2, 0.25) is 0 Å².